The standard InChI is InChI=1S/C15H18F2N2O/c1-10(8-15(2,9-18)19-11-3-4-11)20-12-5-6-13(16)14(17)7-12/h5-7,10-11,19H,3-4,8H2,1-2H3. The largest absolute Gasteiger partial charge is 0.491 e. The predicted molar refractivity (Wildman–Crippen MR) is 71.2 cm³/mol. The van der Waals surface area contributed by atoms with Gasteiger partial charge in [-0.15, -0.1) is 0 Å². The molecule has 3 nitrogen and oxygen atoms in total. The van der Waals surface area contributed by atoms with Crippen LogP contribution < -0.4 is 10.1 Å². The van der Waals surface area contributed by atoms with Crippen molar-refractivity contribution in [3.05, 3.63) is 29.8 Å². The normalized spacial score (nSPS) is 18.9. The first kappa shape index (κ1) is 14.7. The molecule has 2 rings (SSSR count). The SMILES string of the molecule is CC(CC(C)(C#N)NC1CC1)Oc1ccc(F)c(F)c1. The van der Waals surface area contributed by atoms with E-state index < -0.39 is 17.2 Å². The highest BCUT2D eigenvalue weighted by Gasteiger charge is 2.34. The number of halogens is 2. The monoisotopic (exact) mass is 280 g/mol. The first-order valence-corrected chi connectivity index (χ1v) is 6.72. The summed E-state index contributed by atoms with van der Waals surface area (Å²) in [5, 5.41) is 12.6. The minimum atomic E-state index is -0.936. The van der Waals surface area contributed by atoms with Crippen LogP contribution in [0.3, 0.4) is 0 Å². The second-order valence-corrected chi connectivity index (χ2v) is 5.57. The van der Waals surface area contributed by atoms with Crippen molar-refractivity contribution in [2.45, 2.75) is 50.8 Å². The van der Waals surface area contributed by atoms with Gasteiger partial charge in [0.2, 0.25) is 0 Å². The third kappa shape index (κ3) is 3.91. The summed E-state index contributed by atoms with van der Waals surface area (Å²) in [7, 11) is 0. The molecule has 1 saturated carbocycles. The Balaban J connectivity index is 1.95. The van der Waals surface area contributed by atoms with E-state index >= 15 is 0 Å². The Bertz CT molecular complexity index is 525. The average Bonchev–Trinajstić information content (AvgIpc) is 3.17. The number of nitrogens with one attached hydrogen (secondary N) is 1. The summed E-state index contributed by atoms with van der Waals surface area (Å²) in [6.07, 6.45) is 2.38. The van der Waals surface area contributed by atoms with Gasteiger partial charge in [0.15, 0.2) is 11.6 Å². The van der Waals surface area contributed by atoms with Gasteiger partial charge >= 0.3 is 0 Å². The highest BCUT2D eigenvalue weighted by atomic mass is 19.2. The molecule has 0 aliphatic heterocycles. The summed E-state index contributed by atoms with van der Waals surface area (Å²) in [6.45, 7) is 3.64. The Morgan fingerprint density at radius 2 is 2.15 bits per heavy atom. The van der Waals surface area contributed by atoms with Crippen LogP contribution in [0, 0.1) is 23.0 Å². The van der Waals surface area contributed by atoms with E-state index in [9.17, 15) is 14.0 Å². The van der Waals surface area contributed by atoms with E-state index in [4.69, 9.17) is 4.74 Å². The molecule has 2 atom stereocenters. The number of nitrogens with zero attached hydrogens (tertiary/aromatic N) is 1. The van der Waals surface area contributed by atoms with Gasteiger partial charge in [0, 0.05) is 18.5 Å². The molecular weight excluding hydrogens is 262 g/mol. The lowest BCUT2D eigenvalue weighted by Crippen LogP contribution is -2.45. The van der Waals surface area contributed by atoms with Crippen LogP contribution >= 0.6 is 0 Å². The van der Waals surface area contributed by atoms with Gasteiger partial charge in [0.05, 0.1) is 12.2 Å². The maximum Gasteiger partial charge on any atom is 0.162 e. The average molecular weight is 280 g/mol. The van der Waals surface area contributed by atoms with E-state index in [0.717, 1.165) is 25.0 Å². The molecule has 1 aromatic carbocycles. The zero-order valence-corrected chi connectivity index (χ0v) is 11.6. The first-order valence-electron chi connectivity index (χ1n) is 6.72. The van der Waals surface area contributed by atoms with Crippen LogP contribution in [-0.2, 0) is 0 Å². The van der Waals surface area contributed by atoms with Crippen LogP contribution in [0.15, 0.2) is 18.2 Å². The number of hydrogen-bond donors (Lipinski definition) is 1. The number of benzene rings is 1. The first-order chi connectivity index (χ1) is 9.42. The van der Waals surface area contributed by atoms with Gasteiger partial charge in [-0.3, -0.25) is 5.32 Å². The van der Waals surface area contributed by atoms with Crippen molar-refractivity contribution >= 4 is 0 Å². The van der Waals surface area contributed by atoms with Gasteiger partial charge in [-0.25, -0.2) is 8.78 Å². The summed E-state index contributed by atoms with van der Waals surface area (Å²) in [4.78, 5) is 0. The smallest absolute Gasteiger partial charge is 0.162 e. The summed E-state index contributed by atoms with van der Waals surface area (Å²) in [5.74, 6) is -1.57. The second-order valence-electron chi connectivity index (χ2n) is 5.57. The van der Waals surface area contributed by atoms with Crippen molar-refractivity contribution in [3.8, 4) is 11.8 Å². The molecule has 0 heterocycles. The number of rotatable bonds is 6. The Kier molecular flexibility index (Phi) is 4.24. The van der Waals surface area contributed by atoms with Gasteiger partial charge in [0.25, 0.3) is 0 Å². The third-order valence-electron chi connectivity index (χ3n) is 3.27. The predicted octanol–water partition coefficient (Wildman–Crippen LogP) is 3.16. The molecule has 1 aromatic rings. The van der Waals surface area contributed by atoms with Gasteiger partial charge < -0.3 is 4.74 Å². The van der Waals surface area contributed by atoms with Crippen molar-refractivity contribution in [3.63, 3.8) is 0 Å². The Morgan fingerprint density at radius 1 is 1.45 bits per heavy atom. The molecule has 0 bridgehead atoms. The summed E-state index contributed by atoms with van der Waals surface area (Å²) in [5.41, 5.74) is -0.668. The van der Waals surface area contributed by atoms with Crippen LogP contribution in [0.4, 0.5) is 8.78 Å². The summed E-state index contributed by atoms with van der Waals surface area (Å²) < 4.78 is 31.5. The lowest BCUT2D eigenvalue weighted by atomic mass is 9.96. The molecule has 1 fully saturated rings. The molecule has 1 N–H and O–H groups in total. The van der Waals surface area contributed by atoms with Gasteiger partial charge in [-0.05, 0) is 38.8 Å². The molecule has 0 amide bonds. The van der Waals surface area contributed by atoms with Crippen LogP contribution in [0.25, 0.3) is 0 Å². The molecule has 2 unspecified atom stereocenters. The fourth-order valence-electron chi connectivity index (χ4n) is 2.21. The number of nitriles is 1. The van der Waals surface area contributed by atoms with E-state index in [1.54, 1.807) is 0 Å². The third-order valence-corrected chi connectivity index (χ3v) is 3.27. The van der Waals surface area contributed by atoms with Crippen molar-refractivity contribution in [1.29, 1.82) is 5.26 Å². The second kappa shape index (κ2) is 5.76. The minimum absolute atomic E-state index is 0.267. The quantitative estimate of drug-likeness (QED) is 0.870. The molecule has 0 radical (unpaired) electrons. The number of hydrogen-bond acceptors (Lipinski definition) is 3. The summed E-state index contributed by atoms with van der Waals surface area (Å²) >= 11 is 0. The van der Waals surface area contributed by atoms with Crippen molar-refractivity contribution in [2.24, 2.45) is 0 Å². The molecular formula is C15H18F2N2O. The number of ether oxygens (including phenoxy) is 1. The molecule has 1 aliphatic rings. The fraction of sp³-hybridized carbons (Fsp3) is 0.533. The highest BCUT2D eigenvalue weighted by Crippen LogP contribution is 2.26. The van der Waals surface area contributed by atoms with Crippen molar-refractivity contribution in [1.82, 2.24) is 5.32 Å². The Labute approximate surface area is 117 Å². The molecule has 0 saturated heterocycles. The molecule has 20 heavy (non-hydrogen) atoms. The molecule has 5 heteroatoms. The molecule has 1 aliphatic carbocycles. The van der Waals surface area contributed by atoms with Gasteiger partial charge in [-0.1, -0.05) is 0 Å². The highest BCUT2D eigenvalue weighted by molar-refractivity contribution is 5.24. The molecule has 0 aromatic heterocycles. The van der Waals surface area contributed by atoms with E-state index in [1.165, 1.54) is 6.07 Å². The maximum atomic E-state index is 13.1. The molecule has 0 spiro atoms. The maximum absolute atomic E-state index is 13.1. The zero-order chi connectivity index (χ0) is 14.8. The Morgan fingerprint density at radius 3 is 2.70 bits per heavy atom. The van der Waals surface area contributed by atoms with Crippen molar-refractivity contribution < 1.29 is 13.5 Å². The van der Waals surface area contributed by atoms with E-state index in [0.29, 0.717) is 12.5 Å². The summed E-state index contributed by atoms with van der Waals surface area (Å²) in [6, 6.07) is 6.10. The zero-order valence-electron chi connectivity index (χ0n) is 11.6. The lowest BCUT2D eigenvalue weighted by molar-refractivity contribution is 0.178. The van der Waals surface area contributed by atoms with Crippen LogP contribution in [0.1, 0.15) is 33.1 Å². The van der Waals surface area contributed by atoms with E-state index in [1.807, 2.05) is 13.8 Å². The van der Waals surface area contributed by atoms with Crippen LogP contribution in [0.5, 0.6) is 5.75 Å². The van der Waals surface area contributed by atoms with E-state index in [-0.39, 0.29) is 11.9 Å². The fourth-order valence-corrected chi connectivity index (χ4v) is 2.21. The van der Waals surface area contributed by atoms with Gasteiger partial charge in [-0.2, -0.15) is 5.26 Å². The van der Waals surface area contributed by atoms with Crippen LogP contribution in [-0.4, -0.2) is 17.7 Å². The van der Waals surface area contributed by atoms with Crippen LogP contribution in [0.2, 0.25) is 0 Å². The molecule has 108 valence electrons. The van der Waals surface area contributed by atoms with E-state index in [2.05, 4.69) is 11.4 Å². The van der Waals surface area contributed by atoms with Gasteiger partial charge in [0.1, 0.15) is 11.3 Å². The minimum Gasteiger partial charge on any atom is -0.491 e. The van der Waals surface area contributed by atoms with Crippen molar-refractivity contribution in [2.75, 3.05) is 0 Å². The lowest BCUT2D eigenvalue weighted by Gasteiger charge is -2.27. The Hall–Kier alpha value is -1.67. The topological polar surface area (TPSA) is 45.0 Å².